The second-order valence-electron chi connectivity index (χ2n) is 7.20. The van der Waals surface area contributed by atoms with E-state index in [9.17, 15) is 0 Å². The molecule has 0 aliphatic rings. The number of methoxy groups -OCH3 is 1. The smallest absolute Gasteiger partial charge is 0.0487 e. The van der Waals surface area contributed by atoms with Gasteiger partial charge in [-0.15, -0.1) is 0 Å². The van der Waals surface area contributed by atoms with Gasteiger partial charge in [-0.05, 0) is 36.0 Å². The average Bonchev–Trinajstić information content (AvgIpc) is 2.15. The maximum atomic E-state index is 5.21. The molecule has 0 aliphatic carbocycles. The van der Waals surface area contributed by atoms with Crippen LogP contribution in [0.15, 0.2) is 0 Å². The van der Waals surface area contributed by atoms with E-state index in [0.29, 0.717) is 11.3 Å². The molecule has 0 spiro atoms. The second-order valence-corrected chi connectivity index (χ2v) is 7.20. The van der Waals surface area contributed by atoms with Gasteiger partial charge in [0.1, 0.15) is 0 Å². The van der Waals surface area contributed by atoms with Gasteiger partial charge in [0, 0.05) is 13.7 Å². The van der Waals surface area contributed by atoms with Crippen LogP contribution in [0.25, 0.3) is 0 Å². The molecule has 0 heterocycles. The van der Waals surface area contributed by atoms with E-state index in [1.807, 2.05) is 0 Å². The van der Waals surface area contributed by atoms with Gasteiger partial charge in [-0.2, -0.15) is 0 Å². The Hall–Kier alpha value is -0.0400. The second kappa shape index (κ2) is 8.13. The van der Waals surface area contributed by atoms with E-state index in [4.69, 9.17) is 4.74 Å². The van der Waals surface area contributed by atoms with Gasteiger partial charge in [0.05, 0.1) is 0 Å². The maximum Gasteiger partial charge on any atom is 0.0487 e. The summed E-state index contributed by atoms with van der Waals surface area (Å²) in [7, 11) is 1.80. The predicted molar refractivity (Wildman–Crippen MR) is 77.3 cm³/mol. The van der Waals surface area contributed by atoms with Crippen LogP contribution >= 0.6 is 0 Å². The summed E-state index contributed by atoms with van der Waals surface area (Å²) in [6, 6.07) is 0. The number of ether oxygens (including phenoxy) is 1. The first-order chi connectivity index (χ1) is 7.76. The molecule has 1 nitrogen and oxygen atoms in total. The maximum absolute atomic E-state index is 5.21. The lowest BCUT2D eigenvalue weighted by Crippen LogP contribution is -2.15. The quantitative estimate of drug-likeness (QED) is 0.572. The van der Waals surface area contributed by atoms with Crippen LogP contribution in [0.1, 0.15) is 67.2 Å². The standard InChI is InChI=1S/C16H34O/c1-13(12-17-7)11-15(3)14(2)9-8-10-16(4,5)6/h13-15H,8-12H2,1-7H3. The van der Waals surface area contributed by atoms with E-state index in [1.165, 1.54) is 25.7 Å². The zero-order valence-corrected chi connectivity index (χ0v) is 13.2. The summed E-state index contributed by atoms with van der Waals surface area (Å²) < 4.78 is 5.21. The summed E-state index contributed by atoms with van der Waals surface area (Å²) in [6.45, 7) is 15.0. The first-order valence-electron chi connectivity index (χ1n) is 7.25. The van der Waals surface area contributed by atoms with Crippen LogP contribution in [0.5, 0.6) is 0 Å². The van der Waals surface area contributed by atoms with Gasteiger partial charge in [0.2, 0.25) is 0 Å². The minimum Gasteiger partial charge on any atom is -0.384 e. The Labute approximate surface area is 109 Å². The molecule has 0 aliphatic heterocycles. The van der Waals surface area contributed by atoms with Crippen molar-refractivity contribution in [1.29, 1.82) is 0 Å². The molecule has 0 aromatic carbocycles. The highest BCUT2D eigenvalue weighted by Crippen LogP contribution is 2.28. The number of rotatable bonds is 8. The molecule has 0 amide bonds. The van der Waals surface area contributed by atoms with Crippen LogP contribution in [0, 0.1) is 23.2 Å². The summed E-state index contributed by atoms with van der Waals surface area (Å²) >= 11 is 0. The zero-order chi connectivity index (χ0) is 13.5. The van der Waals surface area contributed by atoms with Crippen molar-refractivity contribution in [1.82, 2.24) is 0 Å². The van der Waals surface area contributed by atoms with Crippen LogP contribution in [-0.4, -0.2) is 13.7 Å². The van der Waals surface area contributed by atoms with Gasteiger partial charge >= 0.3 is 0 Å². The topological polar surface area (TPSA) is 9.23 Å². The lowest BCUT2D eigenvalue weighted by Gasteiger charge is -2.24. The fourth-order valence-corrected chi connectivity index (χ4v) is 2.46. The lowest BCUT2D eigenvalue weighted by atomic mass is 9.82. The highest BCUT2D eigenvalue weighted by molar-refractivity contribution is 4.68. The molecule has 0 N–H and O–H groups in total. The number of hydrogen-bond donors (Lipinski definition) is 0. The Morgan fingerprint density at radius 2 is 1.59 bits per heavy atom. The molecule has 0 aromatic rings. The third kappa shape index (κ3) is 9.64. The predicted octanol–water partition coefficient (Wildman–Crippen LogP) is 5.15. The van der Waals surface area contributed by atoms with Crippen molar-refractivity contribution in [2.45, 2.75) is 67.2 Å². The lowest BCUT2D eigenvalue weighted by molar-refractivity contribution is 0.139. The first kappa shape index (κ1) is 17.0. The minimum absolute atomic E-state index is 0.492. The molecule has 17 heavy (non-hydrogen) atoms. The molecule has 0 bridgehead atoms. The largest absolute Gasteiger partial charge is 0.384 e. The third-order valence-corrected chi connectivity index (χ3v) is 3.78. The third-order valence-electron chi connectivity index (χ3n) is 3.78. The van der Waals surface area contributed by atoms with Gasteiger partial charge in [-0.1, -0.05) is 54.4 Å². The summed E-state index contributed by atoms with van der Waals surface area (Å²) in [4.78, 5) is 0. The molecule has 104 valence electrons. The SMILES string of the molecule is COCC(C)CC(C)C(C)CCCC(C)(C)C. The van der Waals surface area contributed by atoms with Crippen molar-refractivity contribution in [3.8, 4) is 0 Å². The summed E-state index contributed by atoms with van der Waals surface area (Å²) in [5.41, 5.74) is 0.492. The van der Waals surface area contributed by atoms with Gasteiger partial charge in [-0.25, -0.2) is 0 Å². The highest BCUT2D eigenvalue weighted by atomic mass is 16.5. The van der Waals surface area contributed by atoms with Gasteiger partial charge < -0.3 is 4.74 Å². The van der Waals surface area contributed by atoms with Crippen molar-refractivity contribution in [2.24, 2.45) is 23.2 Å². The normalized spacial score (nSPS) is 17.8. The Morgan fingerprint density at radius 1 is 1.00 bits per heavy atom. The zero-order valence-electron chi connectivity index (χ0n) is 13.2. The van der Waals surface area contributed by atoms with Gasteiger partial charge in [-0.3, -0.25) is 0 Å². The van der Waals surface area contributed by atoms with Crippen molar-refractivity contribution in [2.75, 3.05) is 13.7 Å². The van der Waals surface area contributed by atoms with E-state index in [2.05, 4.69) is 41.5 Å². The molecular weight excluding hydrogens is 208 g/mol. The molecule has 1 heteroatoms. The molecule has 0 fully saturated rings. The molecule has 0 radical (unpaired) electrons. The van der Waals surface area contributed by atoms with Crippen LogP contribution < -0.4 is 0 Å². The van der Waals surface area contributed by atoms with Crippen molar-refractivity contribution >= 4 is 0 Å². The van der Waals surface area contributed by atoms with E-state index in [-0.39, 0.29) is 0 Å². The van der Waals surface area contributed by atoms with Crippen LogP contribution in [-0.2, 0) is 4.74 Å². The average molecular weight is 242 g/mol. The van der Waals surface area contributed by atoms with Gasteiger partial charge in [0.25, 0.3) is 0 Å². The van der Waals surface area contributed by atoms with E-state index in [1.54, 1.807) is 7.11 Å². The van der Waals surface area contributed by atoms with E-state index in [0.717, 1.165) is 18.4 Å². The molecule has 0 rings (SSSR count). The molecule has 0 aromatic heterocycles. The fraction of sp³-hybridized carbons (Fsp3) is 1.00. The first-order valence-corrected chi connectivity index (χ1v) is 7.25. The molecular formula is C16H34O. The van der Waals surface area contributed by atoms with Crippen LogP contribution in [0.4, 0.5) is 0 Å². The summed E-state index contributed by atoms with van der Waals surface area (Å²) in [6.07, 6.45) is 5.38. The minimum atomic E-state index is 0.492. The Balaban J connectivity index is 3.77. The molecule has 3 unspecified atom stereocenters. The Bertz CT molecular complexity index is 180. The summed E-state index contributed by atoms with van der Waals surface area (Å²) in [5, 5.41) is 0. The number of hydrogen-bond acceptors (Lipinski definition) is 1. The van der Waals surface area contributed by atoms with Crippen molar-refractivity contribution in [3.63, 3.8) is 0 Å². The molecule has 3 atom stereocenters. The monoisotopic (exact) mass is 242 g/mol. The Morgan fingerprint density at radius 3 is 2.06 bits per heavy atom. The van der Waals surface area contributed by atoms with E-state index < -0.39 is 0 Å². The molecule has 0 saturated carbocycles. The fourth-order valence-electron chi connectivity index (χ4n) is 2.46. The Kier molecular flexibility index (Phi) is 8.11. The molecule has 0 saturated heterocycles. The van der Waals surface area contributed by atoms with Crippen LogP contribution in [0.2, 0.25) is 0 Å². The highest BCUT2D eigenvalue weighted by Gasteiger charge is 2.17. The summed E-state index contributed by atoms with van der Waals surface area (Å²) in [5.74, 6) is 2.36. The van der Waals surface area contributed by atoms with E-state index >= 15 is 0 Å². The van der Waals surface area contributed by atoms with Crippen molar-refractivity contribution < 1.29 is 4.74 Å². The van der Waals surface area contributed by atoms with Crippen molar-refractivity contribution in [3.05, 3.63) is 0 Å². The van der Waals surface area contributed by atoms with Gasteiger partial charge in [0.15, 0.2) is 0 Å². The van der Waals surface area contributed by atoms with Crippen LogP contribution in [0.3, 0.4) is 0 Å².